The normalized spacial score (nSPS) is 15.4. The van der Waals surface area contributed by atoms with E-state index in [1.165, 1.54) is 6.92 Å². The summed E-state index contributed by atoms with van der Waals surface area (Å²) in [5.74, 6) is -1.65. The molecule has 0 aliphatic rings. The topological polar surface area (TPSA) is 93.1 Å². The Morgan fingerprint density at radius 2 is 1.56 bits per heavy atom. The van der Waals surface area contributed by atoms with Crippen molar-refractivity contribution in [1.29, 1.82) is 0 Å². The second-order valence-corrected chi connectivity index (χ2v) is 2.87. The summed E-state index contributed by atoms with van der Waals surface area (Å²) in [7, 11) is 0. The van der Waals surface area contributed by atoms with Crippen LogP contribution in [0, 0.1) is 0 Å². The zero-order chi connectivity index (χ0) is 12.7. The molecule has 0 saturated heterocycles. The molecule has 90 valence electrons. The Morgan fingerprint density at radius 3 is 2.00 bits per heavy atom. The van der Waals surface area contributed by atoms with Crippen LogP contribution in [0.1, 0.15) is 6.92 Å². The summed E-state index contributed by atoms with van der Waals surface area (Å²) in [6.45, 7) is 7.61. The van der Waals surface area contributed by atoms with Crippen molar-refractivity contribution in [3.8, 4) is 0 Å². The fraction of sp³-hybridized carbons (Fsp3) is 0.400. The number of rotatable bonds is 6. The zero-order valence-electron chi connectivity index (χ0n) is 8.83. The predicted octanol–water partition coefficient (Wildman–Crippen LogP) is -0.487. The van der Waals surface area contributed by atoms with E-state index in [2.05, 4.69) is 22.6 Å². The minimum atomic E-state index is -1.79. The van der Waals surface area contributed by atoms with Gasteiger partial charge in [0, 0.05) is 12.2 Å². The van der Waals surface area contributed by atoms with Crippen molar-refractivity contribution in [3.63, 3.8) is 0 Å². The van der Waals surface area contributed by atoms with E-state index in [4.69, 9.17) is 0 Å². The highest BCUT2D eigenvalue weighted by Crippen LogP contribution is 2.06. The van der Waals surface area contributed by atoms with Crippen molar-refractivity contribution in [2.45, 2.75) is 25.4 Å². The summed E-state index contributed by atoms with van der Waals surface area (Å²) in [4.78, 5) is 21.5. The van der Waals surface area contributed by atoms with Gasteiger partial charge in [-0.3, -0.25) is 0 Å². The predicted molar refractivity (Wildman–Crippen MR) is 54.1 cm³/mol. The summed E-state index contributed by atoms with van der Waals surface area (Å²) in [5.41, 5.74) is 0. The molecular formula is C10H14O6. The average Bonchev–Trinajstić information content (AvgIpc) is 2.27. The molecule has 6 heteroatoms. The van der Waals surface area contributed by atoms with Crippen LogP contribution in [0.5, 0.6) is 0 Å². The SMILES string of the molecule is C=CC(=O)OC(C)C(O)C(O)OC(=O)C=C. The molecule has 0 bridgehead atoms. The van der Waals surface area contributed by atoms with E-state index >= 15 is 0 Å². The fourth-order valence-corrected chi connectivity index (χ4v) is 0.770. The molecule has 0 heterocycles. The molecule has 6 nitrogen and oxygen atoms in total. The maximum atomic E-state index is 10.8. The van der Waals surface area contributed by atoms with Crippen LogP contribution in [-0.4, -0.2) is 40.6 Å². The molecule has 0 aromatic carbocycles. The third-order valence-corrected chi connectivity index (χ3v) is 1.65. The Balaban J connectivity index is 4.25. The second kappa shape index (κ2) is 6.76. The fourth-order valence-electron chi connectivity index (χ4n) is 0.770. The summed E-state index contributed by atoms with van der Waals surface area (Å²) in [5, 5.41) is 18.6. The van der Waals surface area contributed by atoms with Crippen LogP contribution in [0.3, 0.4) is 0 Å². The van der Waals surface area contributed by atoms with Gasteiger partial charge in [0.15, 0.2) is 6.10 Å². The van der Waals surface area contributed by atoms with E-state index in [1.54, 1.807) is 0 Å². The molecule has 3 atom stereocenters. The zero-order valence-corrected chi connectivity index (χ0v) is 8.83. The van der Waals surface area contributed by atoms with Gasteiger partial charge in [0.1, 0.15) is 6.10 Å². The first-order valence-corrected chi connectivity index (χ1v) is 4.44. The summed E-state index contributed by atoms with van der Waals surface area (Å²) in [6.07, 6.45) is -2.65. The van der Waals surface area contributed by atoms with Gasteiger partial charge in [-0.05, 0) is 6.92 Å². The van der Waals surface area contributed by atoms with Crippen LogP contribution in [0.15, 0.2) is 25.3 Å². The standard InChI is InChI=1S/C10H14O6/c1-4-7(11)15-6(3)9(13)10(14)16-8(12)5-2/h4-6,9-10,13-14H,1-2H2,3H3. The van der Waals surface area contributed by atoms with Crippen LogP contribution in [0.2, 0.25) is 0 Å². The van der Waals surface area contributed by atoms with E-state index in [1.807, 2.05) is 0 Å². The highest BCUT2D eigenvalue weighted by molar-refractivity contribution is 5.81. The molecule has 16 heavy (non-hydrogen) atoms. The number of hydrogen-bond donors (Lipinski definition) is 2. The van der Waals surface area contributed by atoms with E-state index in [0.717, 1.165) is 12.2 Å². The second-order valence-electron chi connectivity index (χ2n) is 2.87. The molecule has 2 N–H and O–H groups in total. The van der Waals surface area contributed by atoms with Gasteiger partial charge in [-0.15, -0.1) is 0 Å². The molecule has 0 saturated carbocycles. The highest BCUT2D eigenvalue weighted by Gasteiger charge is 2.27. The van der Waals surface area contributed by atoms with Gasteiger partial charge in [-0.1, -0.05) is 13.2 Å². The molecule has 0 amide bonds. The first-order chi connectivity index (χ1) is 7.42. The maximum absolute atomic E-state index is 10.8. The molecule has 0 spiro atoms. The van der Waals surface area contributed by atoms with Gasteiger partial charge in [-0.25, -0.2) is 9.59 Å². The van der Waals surface area contributed by atoms with Gasteiger partial charge in [-0.2, -0.15) is 0 Å². The molecule has 0 radical (unpaired) electrons. The van der Waals surface area contributed by atoms with Crippen LogP contribution in [-0.2, 0) is 19.1 Å². The minimum absolute atomic E-state index is 0.756. The van der Waals surface area contributed by atoms with Crippen molar-refractivity contribution in [1.82, 2.24) is 0 Å². The number of ether oxygens (including phenoxy) is 2. The molecule has 0 rings (SSSR count). The smallest absolute Gasteiger partial charge is 0.332 e. The summed E-state index contributed by atoms with van der Waals surface area (Å²) in [6, 6.07) is 0. The van der Waals surface area contributed by atoms with Crippen LogP contribution in [0.4, 0.5) is 0 Å². The van der Waals surface area contributed by atoms with Crippen LogP contribution < -0.4 is 0 Å². The first-order valence-electron chi connectivity index (χ1n) is 4.44. The Morgan fingerprint density at radius 1 is 1.12 bits per heavy atom. The number of esters is 2. The average molecular weight is 230 g/mol. The Hall–Kier alpha value is -1.66. The highest BCUT2D eigenvalue weighted by atomic mass is 16.7. The van der Waals surface area contributed by atoms with E-state index in [0.29, 0.717) is 0 Å². The van der Waals surface area contributed by atoms with Crippen molar-refractivity contribution in [3.05, 3.63) is 25.3 Å². The Kier molecular flexibility index (Phi) is 6.06. The van der Waals surface area contributed by atoms with E-state index in [-0.39, 0.29) is 0 Å². The van der Waals surface area contributed by atoms with Crippen molar-refractivity contribution in [2.75, 3.05) is 0 Å². The number of carbonyl (C=O) groups excluding carboxylic acids is 2. The van der Waals surface area contributed by atoms with Gasteiger partial charge in [0.2, 0.25) is 6.29 Å². The Labute approximate surface area is 92.8 Å². The lowest BCUT2D eigenvalue weighted by molar-refractivity contribution is -0.198. The summed E-state index contributed by atoms with van der Waals surface area (Å²) < 4.78 is 8.94. The maximum Gasteiger partial charge on any atom is 0.332 e. The summed E-state index contributed by atoms with van der Waals surface area (Å²) >= 11 is 0. The molecule has 0 fully saturated rings. The number of hydrogen-bond acceptors (Lipinski definition) is 6. The lowest BCUT2D eigenvalue weighted by Gasteiger charge is -2.22. The van der Waals surface area contributed by atoms with Crippen LogP contribution in [0.25, 0.3) is 0 Å². The molecule has 0 aliphatic heterocycles. The Bertz CT molecular complexity index is 257. The molecule has 3 unspecified atom stereocenters. The third-order valence-electron chi connectivity index (χ3n) is 1.65. The third kappa shape index (κ3) is 4.72. The minimum Gasteiger partial charge on any atom is -0.457 e. The molecule has 0 aliphatic carbocycles. The van der Waals surface area contributed by atoms with Gasteiger partial charge in [0.25, 0.3) is 0 Å². The lowest BCUT2D eigenvalue weighted by Crippen LogP contribution is -2.40. The molecule has 0 aromatic rings. The van der Waals surface area contributed by atoms with E-state index in [9.17, 15) is 19.8 Å². The van der Waals surface area contributed by atoms with Crippen molar-refractivity contribution < 1.29 is 29.3 Å². The van der Waals surface area contributed by atoms with Gasteiger partial charge in [0.05, 0.1) is 0 Å². The lowest BCUT2D eigenvalue weighted by atomic mass is 10.2. The quantitative estimate of drug-likeness (QED) is 0.363. The van der Waals surface area contributed by atoms with E-state index < -0.39 is 30.4 Å². The molecule has 0 aromatic heterocycles. The van der Waals surface area contributed by atoms with Crippen molar-refractivity contribution in [2.24, 2.45) is 0 Å². The number of aliphatic hydroxyl groups is 2. The molecular weight excluding hydrogens is 216 g/mol. The largest absolute Gasteiger partial charge is 0.457 e. The van der Waals surface area contributed by atoms with Crippen molar-refractivity contribution >= 4 is 11.9 Å². The van der Waals surface area contributed by atoms with Gasteiger partial charge >= 0.3 is 11.9 Å². The first kappa shape index (κ1) is 14.3. The number of aliphatic hydroxyl groups excluding tert-OH is 2. The van der Waals surface area contributed by atoms with Gasteiger partial charge < -0.3 is 19.7 Å². The monoisotopic (exact) mass is 230 g/mol. The number of carbonyl (C=O) groups is 2. The van der Waals surface area contributed by atoms with Crippen LogP contribution >= 0.6 is 0 Å².